The largest absolute Gasteiger partial charge is 0.479 e. The number of hydrogen-bond donors (Lipinski definition) is 2. The van der Waals surface area contributed by atoms with Gasteiger partial charge in [-0.1, -0.05) is 22.8 Å². The molecule has 1 aromatic heterocycles. The number of hydrogen-bond acceptors (Lipinski definition) is 5. The Morgan fingerprint density at radius 2 is 2.21 bits per heavy atom. The molecule has 2 aromatic rings. The van der Waals surface area contributed by atoms with Gasteiger partial charge in [0.15, 0.2) is 6.10 Å². The van der Waals surface area contributed by atoms with E-state index in [4.69, 9.17) is 26.0 Å². The summed E-state index contributed by atoms with van der Waals surface area (Å²) in [6, 6.07) is 4.05. The van der Waals surface area contributed by atoms with Crippen LogP contribution in [0.1, 0.15) is 16.1 Å². The van der Waals surface area contributed by atoms with Gasteiger partial charge in [-0.2, -0.15) is 0 Å². The maximum Gasteiger partial charge on any atom is 0.334 e. The quantitative estimate of drug-likeness (QED) is 0.823. The smallest absolute Gasteiger partial charge is 0.334 e. The van der Waals surface area contributed by atoms with Gasteiger partial charge in [-0.05, 0) is 19.1 Å². The zero-order valence-corrected chi connectivity index (χ0v) is 13.6. The number of carbonyl (C=O) groups excluding carboxylic acids is 1. The number of ether oxygens (including phenoxy) is 1. The number of amides is 1. The highest BCUT2D eigenvalue weighted by molar-refractivity contribution is 6.33. The van der Waals surface area contributed by atoms with Crippen LogP contribution in [-0.2, 0) is 9.53 Å². The lowest BCUT2D eigenvalue weighted by atomic mass is 10.0. The minimum atomic E-state index is -1.22. The van der Waals surface area contributed by atoms with E-state index in [0.29, 0.717) is 0 Å². The van der Waals surface area contributed by atoms with Crippen LogP contribution in [0.25, 0.3) is 11.3 Å². The second kappa shape index (κ2) is 7.41. The number of nitrogens with one attached hydrogen (secondary N) is 1. The van der Waals surface area contributed by atoms with E-state index in [1.807, 2.05) is 0 Å². The number of carbonyl (C=O) groups is 2. The summed E-state index contributed by atoms with van der Waals surface area (Å²) in [6.07, 6.45) is -1.21. The monoisotopic (exact) mass is 356 g/mol. The van der Waals surface area contributed by atoms with Crippen LogP contribution in [0.15, 0.2) is 22.7 Å². The summed E-state index contributed by atoms with van der Waals surface area (Å²) < 4.78 is 23.8. The zero-order chi connectivity index (χ0) is 17.9. The van der Waals surface area contributed by atoms with Crippen molar-refractivity contribution in [3.8, 4) is 11.3 Å². The number of benzene rings is 1. The second-order valence-corrected chi connectivity index (χ2v) is 5.24. The van der Waals surface area contributed by atoms with Crippen molar-refractivity contribution in [2.45, 2.75) is 13.0 Å². The average Bonchev–Trinajstić information content (AvgIpc) is 2.89. The Hall–Kier alpha value is -2.45. The van der Waals surface area contributed by atoms with Gasteiger partial charge in [0.25, 0.3) is 5.91 Å². The van der Waals surface area contributed by atoms with Gasteiger partial charge in [0, 0.05) is 7.11 Å². The van der Waals surface area contributed by atoms with Gasteiger partial charge in [0.05, 0.1) is 17.1 Å². The third-order valence-electron chi connectivity index (χ3n) is 3.30. The van der Waals surface area contributed by atoms with E-state index in [2.05, 4.69) is 10.5 Å². The Balaban J connectivity index is 2.33. The molecule has 0 saturated carbocycles. The van der Waals surface area contributed by atoms with Crippen molar-refractivity contribution >= 4 is 23.5 Å². The summed E-state index contributed by atoms with van der Waals surface area (Å²) >= 11 is 5.99. The molecule has 1 unspecified atom stereocenters. The van der Waals surface area contributed by atoms with Crippen LogP contribution < -0.4 is 5.32 Å². The van der Waals surface area contributed by atoms with Crippen LogP contribution in [-0.4, -0.2) is 41.9 Å². The van der Waals surface area contributed by atoms with Crippen LogP contribution >= 0.6 is 11.6 Å². The number of aryl methyl sites for hydroxylation is 1. The zero-order valence-electron chi connectivity index (χ0n) is 12.8. The molecule has 24 heavy (non-hydrogen) atoms. The summed E-state index contributed by atoms with van der Waals surface area (Å²) in [7, 11) is 1.21. The third kappa shape index (κ3) is 3.55. The first kappa shape index (κ1) is 17.9. The predicted molar refractivity (Wildman–Crippen MR) is 82.4 cm³/mol. The number of aromatic nitrogens is 1. The number of methoxy groups -OCH3 is 1. The van der Waals surface area contributed by atoms with Crippen LogP contribution in [0.5, 0.6) is 0 Å². The molecular weight excluding hydrogens is 343 g/mol. The topological polar surface area (TPSA) is 102 Å². The molecule has 0 spiro atoms. The van der Waals surface area contributed by atoms with Crippen molar-refractivity contribution in [2.24, 2.45) is 0 Å². The van der Waals surface area contributed by atoms with Crippen molar-refractivity contribution in [2.75, 3.05) is 13.7 Å². The highest BCUT2D eigenvalue weighted by Gasteiger charge is 2.26. The molecule has 0 aliphatic carbocycles. The lowest BCUT2D eigenvalue weighted by Gasteiger charge is -2.12. The van der Waals surface area contributed by atoms with Crippen LogP contribution in [0.2, 0.25) is 5.02 Å². The normalized spacial score (nSPS) is 12.0. The standard InChI is InChI=1S/C15H14ClFN2O5/c1-7-11(14(20)18-6-10(23-2)15(21)22)13(19-24-7)12-8(16)4-3-5-9(12)17/h3-5,10H,6H2,1-2H3,(H,18,20)(H,21,22). The number of carboxylic acid groups (broad SMARTS) is 1. The van der Waals surface area contributed by atoms with Gasteiger partial charge in [-0.25, -0.2) is 9.18 Å². The number of aliphatic carboxylic acids is 1. The van der Waals surface area contributed by atoms with Crippen molar-refractivity contribution in [3.05, 3.63) is 40.4 Å². The lowest BCUT2D eigenvalue weighted by molar-refractivity contribution is -0.148. The van der Waals surface area contributed by atoms with Crippen molar-refractivity contribution in [3.63, 3.8) is 0 Å². The molecule has 2 N–H and O–H groups in total. The fraction of sp³-hybridized carbons (Fsp3) is 0.267. The predicted octanol–water partition coefficient (Wildman–Crippen LogP) is 2.27. The molecule has 1 heterocycles. The summed E-state index contributed by atoms with van der Waals surface area (Å²) in [6.45, 7) is 1.20. The SMILES string of the molecule is COC(CNC(=O)c1c(-c2c(F)cccc2Cl)noc1C)C(=O)O. The maximum atomic E-state index is 14.1. The van der Waals surface area contributed by atoms with Gasteiger partial charge < -0.3 is 19.7 Å². The van der Waals surface area contributed by atoms with E-state index in [0.717, 1.165) is 0 Å². The molecule has 1 amide bonds. The summed E-state index contributed by atoms with van der Waals surface area (Å²) in [5.74, 6) is -2.42. The number of nitrogens with zero attached hydrogens (tertiary/aromatic N) is 1. The molecule has 7 nitrogen and oxygen atoms in total. The Morgan fingerprint density at radius 1 is 1.50 bits per heavy atom. The van der Waals surface area contributed by atoms with Crippen LogP contribution in [0, 0.1) is 12.7 Å². The van der Waals surface area contributed by atoms with E-state index in [-0.39, 0.29) is 34.1 Å². The maximum absolute atomic E-state index is 14.1. The number of halogens is 2. The van der Waals surface area contributed by atoms with Gasteiger partial charge in [-0.15, -0.1) is 0 Å². The fourth-order valence-electron chi connectivity index (χ4n) is 2.08. The highest BCUT2D eigenvalue weighted by atomic mass is 35.5. The molecule has 2 rings (SSSR count). The lowest BCUT2D eigenvalue weighted by Crippen LogP contribution is -2.38. The van der Waals surface area contributed by atoms with Gasteiger partial charge in [0.1, 0.15) is 22.8 Å². The minimum absolute atomic E-state index is 0.0257. The molecular formula is C15H14ClFN2O5. The highest BCUT2D eigenvalue weighted by Crippen LogP contribution is 2.33. The van der Waals surface area contributed by atoms with Crippen molar-refractivity contribution in [1.82, 2.24) is 10.5 Å². The average molecular weight is 357 g/mol. The molecule has 1 aromatic carbocycles. The van der Waals surface area contributed by atoms with Gasteiger partial charge >= 0.3 is 5.97 Å². The van der Waals surface area contributed by atoms with E-state index in [1.54, 1.807) is 0 Å². The van der Waals surface area contributed by atoms with E-state index < -0.39 is 23.8 Å². The minimum Gasteiger partial charge on any atom is -0.479 e. The van der Waals surface area contributed by atoms with Crippen LogP contribution in [0.4, 0.5) is 4.39 Å². The van der Waals surface area contributed by atoms with Gasteiger partial charge in [-0.3, -0.25) is 4.79 Å². The number of rotatable bonds is 6. The Labute approximate surface area is 141 Å². The number of carboxylic acids is 1. The fourth-order valence-corrected chi connectivity index (χ4v) is 2.33. The first-order valence-corrected chi connectivity index (χ1v) is 7.19. The van der Waals surface area contributed by atoms with E-state index in [1.165, 1.54) is 32.2 Å². The van der Waals surface area contributed by atoms with Gasteiger partial charge in [0.2, 0.25) is 0 Å². The Bertz CT molecular complexity index is 757. The third-order valence-corrected chi connectivity index (χ3v) is 3.61. The summed E-state index contributed by atoms with van der Waals surface area (Å²) in [4.78, 5) is 23.3. The molecule has 128 valence electrons. The Morgan fingerprint density at radius 3 is 2.79 bits per heavy atom. The first-order chi connectivity index (χ1) is 11.4. The molecule has 1 atom stereocenters. The van der Waals surface area contributed by atoms with Crippen molar-refractivity contribution in [1.29, 1.82) is 0 Å². The summed E-state index contributed by atoms with van der Waals surface area (Å²) in [5, 5.41) is 15.1. The van der Waals surface area contributed by atoms with Crippen molar-refractivity contribution < 1.29 is 28.3 Å². The first-order valence-electron chi connectivity index (χ1n) is 6.81. The molecule has 0 saturated heterocycles. The van der Waals surface area contributed by atoms with E-state index in [9.17, 15) is 14.0 Å². The molecule has 0 aliphatic heterocycles. The molecule has 9 heteroatoms. The summed E-state index contributed by atoms with van der Waals surface area (Å²) in [5.41, 5.74) is -0.151. The molecule has 0 bridgehead atoms. The van der Waals surface area contributed by atoms with Crippen LogP contribution in [0.3, 0.4) is 0 Å². The molecule has 0 fully saturated rings. The second-order valence-electron chi connectivity index (χ2n) is 4.83. The van der Waals surface area contributed by atoms with E-state index >= 15 is 0 Å². The molecule has 0 aliphatic rings. The molecule has 0 radical (unpaired) electrons. The Kier molecular flexibility index (Phi) is 5.53.